The quantitative estimate of drug-likeness (QED) is 0.512. The van der Waals surface area contributed by atoms with Crippen LogP contribution in [-0.2, 0) is 24.9 Å². The van der Waals surface area contributed by atoms with Crippen molar-refractivity contribution in [2.45, 2.75) is 33.4 Å². The summed E-state index contributed by atoms with van der Waals surface area (Å²) in [4.78, 5) is 17.1. The van der Waals surface area contributed by atoms with E-state index in [0.29, 0.717) is 23.5 Å². The zero-order valence-corrected chi connectivity index (χ0v) is 17.4. The topological polar surface area (TPSA) is 77.6 Å². The molecular formula is C22H22F2N6O. The number of nitrogens with zero attached hydrogens (tertiary/aromatic N) is 5. The average Bonchev–Trinajstić information content (AvgIpc) is 3.25. The summed E-state index contributed by atoms with van der Waals surface area (Å²) in [5, 5.41) is 11.6. The van der Waals surface area contributed by atoms with Crippen LogP contribution in [0.3, 0.4) is 0 Å². The van der Waals surface area contributed by atoms with Crippen LogP contribution >= 0.6 is 0 Å². The first kappa shape index (κ1) is 20.6. The number of fused-ring (bicyclic) bond motifs is 1. The van der Waals surface area contributed by atoms with Crippen LogP contribution < -0.4 is 5.32 Å². The van der Waals surface area contributed by atoms with Crippen molar-refractivity contribution in [3.63, 3.8) is 0 Å². The van der Waals surface area contributed by atoms with Gasteiger partial charge in [0.05, 0.1) is 23.0 Å². The largest absolute Gasteiger partial charge is 0.350 e. The number of aromatic nitrogens is 5. The number of aryl methyl sites for hydroxylation is 2. The summed E-state index contributed by atoms with van der Waals surface area (Å²) in [6.07, 6.45) is -0.988. The van der Waals surface area contributed by atoms with Crippen LogP contribution in [0.4, 0.5) is 8.78 Å². The van der Waals surface area contributed by atoms with Gasteiger partial charge in [0.25, 0.3) is 6.43 Å². The molecule has 4 rings (SSSR count). The third kappa shape index (κ3) is 4.03. The molecule has 9 heteroatoms. The standard InChI is InChI=1S/C22H22F2N6O/c1-13-20-17(21(23)24)9-18(15-7-5-4-6-8-15)27-22(20)30(28-13)12-19(31)25-10-16-11-26-29(3)14(16)2/h4-9,11,21H,10,12H2,1-3H3,(H,25,31). The zero-order chi connectivity index (χ0) is 22.1. The predicted octanol–water partition coefficient (Wildman–Crippen LogP) is 3.70. The molecule has 4 aromatic rings. The summed E-state index contributed by atoms with van der Waals surface area (Å²) in [5.74, 6) is -0.293. The van der Waals surface area contributed by atoms with E-state index in [4.69, 9.17) is 0 Å². The maximum absolute atomic E-state index is 13.8. The highest BCUT2D eigenvalue weighted by Crippen LogP contribution is 2.32. The fraction of sp³-hybridized carbons (Fsp3) is 0.273. The van der Waals surface area contributed by atoms with Crippen molar-refractivity contribution in [3.8, 4) is 11.3 Å². The molecule has 0 unspecified atom stereocenters. The first-order valence-corrected chi connectivity index (χ1v) is 9.81. The SMILES string of the molecule is Cc1nn(CC(=O)NCc2cnn(C)c2C)c2nc(-c3ccccc3)cc(C(F)F)c12. The average molecular weight is 424 g/mol. The number of amides is 1. The Morgan fingerprint density at radius 2 is 1.94 bits per heavy atom. The van der Waals surface area contributed by atoms with Crippen molar-refractivity contribution in [1.29, 1.82) is 0 Å². The maximum atomic E-state index is 13.8. The number of halogens is 2. The molecule has 1 aromatic carbocycles. The summed E-state index contributed by atoms with van der Waals surface area (Å²) in [7, 11) is 1.83. The molecule has 3 heterocycles. The van der Waals surface area contributed by atoms with E-state index in [2.05, 4.69) is 20.5 Å². The second kappa shape index (κ2) is 8.25. The number of hydrogen-bond donors (Lipinski definition) is 1. The van der Waals surface area contributed by atoms with Crippen molar-refractivity contribution in [1.82, 2.24) is 29.9 Å². The first-order valence-electron chi connectivity index (χ1n) is 9.81. The van der Waals surface area contributed by atoms with Crippen molar-refractivity contribution in [2.24, 2.45) is 7.05 Å². The summed E-state index contributed by atoms with van der Waals surface area (Å²) in [5.41, 5.74) is 3.52. The van der Waals surface area contributed by atoms with Gasteiger partial charge in [0.15, 0.2) is 5.65 Å². The normalized spacial score (nSPS) is 11.4. The molecular weight excluding hydrogens is 402 g/mol. The van der Waals surface area contributed by atoms with Gasteiger partial charge in [-0.2, -0.15) is 10.2 Å². The molecule has 0 fully saturated rings. The lowest BCUT2D eigenvalue weighted by atomic mass is 10.1. The number of pyridine rings is 1. The smallest absolute Gasteiger partial charge is 0.264 e. The number of nitrogens with one attached hydrogen (secondary N) is 1. The van der Waals surface area contributed by atoms with Crippen LogP contribution in [0.15, 0.2) is 42.6 Å². The fourth-order valence-electron chi connectivity index (χ4n) is 3.53. The van der Waals surface area contributed by atoms with Gasteiger partial charge in [0.1, 0.15) is 6.54 Å². The second-order valence-electron chi connectivity index (χ2n) is 7.36. The second-order valence-corrected chi connectivity index (χ2v) is 7.36. The molecule has 31 heavy (non-hydrogen) atoms. The molecule has 0 spiro atoms. The summed E-state index contributed by atoms with van der Waals surface area (Å²) in [6, 6.07) is 10.5. The van der Waals surface area contributed by atoms with E-state index in [1.165, 1.54) is 10.7 Å². The molecule has 1 N–H and O–H groups in total. The van der Waals surface area contributed by atoms with Gasteiger partial charge in [-0.25, -0.2) is 18.4 Å². The number of rotatable bonds is 6. The van der Waals surface area contributed by atoms with E-state index < -0.39 is 6.43 Å². The van der Waals surface area contributed by atoms with Gasteiger partial charge >= 0.3 is 0 Å². The highest BCUT2D eigenvalue weighted by molar-refractivity contribution is 5.87. The molecule has 0 aliphatic rings. The number of carbonyl (C=O) groups is 1. The van der Waals surface area contributed by atoms with Crippen molar-refractivity contribution in [3.05, 3.63) is 65.1 Å². The molecule has 3 aromatic heterocycles. The Hall–Kier alpha value is -3.62. The minimum absolute atomic E-state index is 0.127. The minimum atomic E-state index is -2.69. The number of benzene rings is 1. The molecule has 160 valence electrons. The maximum Gasteiger partial charge on any atom is 0.264 e. The number of hydrogen-bond acceptors (Lipinski definition) is 4. The van der Waals surface area contributed by atoms with Gasteiger partial charge in [-0.15, -0.1) is 0 Å². The van der Waals surface area contributed by atoms with Crippen molar-refractivity contribution >= 4 is 16.9 Å². The molecule has 1 amide bonds. The monoisotopic (exact) mass is 424 g/mol. The Labute approximate surface area is 177 Å². The van der Waals surface area contributed by atoms with Crippen molar-refractivity contribution < 1.29 is 13.6 Å². The molecule has 0 saturated carbocycles. The minimum Gasteiger partial charge on any atom is -0.350 e. The Balaban J connectivity index is 1.66. The highest BCUT2D eigenvalue weighted by Gasteiger charge is 2.22. The van der Waals surface area contributed by atoms with E-state index in [-0.39, 0.29) is 29.0 Å². The Kier molecular flexibility index (Phi) is 5.50. The highest BCUT2D eigenvalue weighted by atomic mass is 19.3. The fourth-order valence-corrected chi connectivity index (χ4v) is 3.53. The summed E-state index contributed by atoms with van der Waals surface area (Å²) in [6.45, 7) is 3.75. The van der Waals surface area contributed by atoms with Crippen LogP contribution in [0.5, 0.6) is 0 Å². The van der Waals surface area contributed by atoms with E-state index in [1.807, 2.05) is 32.2 Å². The van der Waals surface area contributed by atoms with Gasteiger partial charge in [-0.05, 0) is 19.9 Å². The van der Waals surface area contributed by atoms with Crippen LogP contribution in [0.25, 0.3) is 22.3 Å². The van der Waals surface area contributed by atoms with Crippen LogP contribution in [0.2, 0.25) is 0 Å². The molecule has 0 atom stereocenters. The summed E-state index contributed by atoms with van der Waals surface area (Å²) >= 11 is 0. The Morgan fingerprint density at radius 1 is 1.19 bits per heavy atom. The molecule has 0 bridgehead atoms. The number of alkyl halides is 2. The van der Waals surface area contributed by atoms with Gasteiger partial charge in [-0.3, -0.25) is 9.48 Å². The third-order valence-electron chi connectivity index (χ3n) is 5.32. The van der Waals surface area contributed by atoms with Gasteiger partial charge in [0.2, 0.25) is 5.91 Å². The summed E-state index contributed by atoms with van der Waals surface area (Å²) < 4.78 is 30.8. The zero-order valence-electron chi connectivity index (χ0n) is 17.4. The van der Waals surface area contributed by atoms with Crippen LogP contribution in [-0.4, -0.2) is 30.5 Å². The molecule has 0 radical (unpaired) electrons. The van der Waals surface area contributed by atoms with E-state index in [0.717, 1.165) is 11.3 Å². The Bertz CT molecular complexity index is 1250. The van der Waals surface area contributed by atoms with Crippen molar-refractivity contribution in [2.75, 3.05) is 0 Å². The van der Waals surface area contributed by atoms with Gasteiger partial charge in [-0.1, -0.05) is 30.3 Å². The predicted molar refractivity (Wildman–Crippen MR) is 112 cm³/mol. The van der Waals surface area contributed by atoms with Gasteiger partial charge in [0, 0.05) is 36.0 Å². The molecule has 7 nitrogen and oxygen atoms in total. The lowest BCUT2D eigenvalue weighted by Gasteiger charge is -2.09. The first-order chi connectivity index (χ1) is 14.8. The van der Waals surface area contributed by atoms with E-state index in [1.54, 1.807) is 29.9 Å². The molecule has 0 saturated heterocycles. The molecule has 0 aliphatic carbocycles. The van der Waals surface area contributed by atoms with Gasteiger partial charge < -0.3 is 5.32 Å². The lowest BCUT2D eigenvalue weighted by Crippen LogP contribution is -2.27. The van der Waals surface area contributed by atoms with E-state index >= 15 is 0 Å². The number of carbonyl (C=O) groups excluding carboxylic acids is 1. The molecule has 0 aliphatic heterocycles. The van der Waals surface area contributed by atoms with Crippen LogP contribution in [0, 0.1) is 13.8 Å². The Morgan fingerprint density at radius 3 is 2.58 bits per heavy atom. The van der Waals surface area contributed by atoms with E-state index in [9.17, 15) is 13.6 Å². The third-order valence-corrected chi connectivity index (χ3v) is 5.32. The lowest BCUT2D eigenvalue weighted by molar-refractivity contribution is -0.121. The van der Waals surface area contributed by atoms with Crippen LogP contribution in [0.1, 0.15) is 28.9 Å².